The van der Waals surface area contributed by atoms with Gasteiger partial charge in [-0.25, -0.2) is 13.4 Å². The van der Waals surface area contributed by atoms with Crippen LogP contribution in [0.5, 0.6) is 0 Å². The number of sulfonamides is 1. The van der Waals surface area contributed by atoms with E-state index in [1.54, 1.807) is 36.4 Å². The second kappa shape index (κ2) is 9.45. The number of hydrogen-bond acceptors (Lipinski definition) is 5. The van der Waals surface area contributed by atoms with Crippen LogP contribution < -0.4 is 4.72 Å². The molecule has 0 aliphatic carbocycles. The van der Waals surface area contributed by atoms with E-state index in [0.29, 0.717) is 11.1 Å². The van der Waals surface area contributed by atoms with Crippen LogP contribution >= 0.6 is 11.6 Å². The molecular weight excluding hydrogens is 460 g/mol. The number of carbonyl (C=O) groups excluding carboxylic acids is 2. The van der Waals surface area contributed by atoms with Crippen molar-refractivity contribution in [3.05, 3.63) is 88.2 Å². The van der Waals surface area contributed by atoms with Gasteiger partial charge in [0.05, 0.1) is 15.6 Å². The average Bonchev–Trinajstić information content (AvgIpc) is 2.72. The molecule has 0 atom stereocenters. The summed E-state index contributed by atoms with van der Waals surface area (Å²) in [6, 6.07) is 14.5. The van der Waals surface area contributed by atoms with Gasteiger partial charge in [-0.1, -0.05) is 62.7 Å². The minimum Gasteiger partial charge on any atom is -0.300 e. The fraction of sp³-hybridized carbons (Fsp3) is 0.240. The standard InChI is InChI=1S/C25H25ClN2O4S/c1-16(29)12-17-6-5-7-18(13-17)24(30)23-22(14-20(26)15-27-23)28-33(31,32)21-10-8-19(9-11-21)25(2,3)4/h5-11,13-15,28H,12H2,1-4H3. The third-order valence-corrected chi connectivity index (χ3v) is 6.57. The van der Waals surface area contributed by atoms with Crippen molar-refractivity contribution in [2.24, 2.45) is 0 Å². The molecule has 0 unspecified atom stereocenters. The molecule has 3 rings (SSSR count). The average molecular weight is 485 g/mol. The molecule has 1 aromatic heterocycles. The van der Waals surface area contributed by atoms with Crippen LogP contribution in [0.4, 0.5) is 5.69 Å². The number of aromatic nitrogens is 1. The van der Waals surface area contributed by atoms with Gasteiger partial charge in [-0.2, -0.15) is 0 Å². The van der Waals surface area contributed by atoms with Gasteiger partial charge in [-0.05, 0) is 47.7 Å². The maximum atomic E-state index is 13.2. The fourth-order valence-electron chi connectivity index (χ4n) is 3.28. The largest absolute Gasteiger partial charge is 0.300 e. The van der Waals surface area contributed by atoms with Crippen molar-refractivity contribution in [3.63, 3.8) is 0 Å². The molecule has 3 aromatic rings. The van der Waals surface area contributed by atoms with Crippen molar-refractivity contribution in [3.8, 4) is 0 Å². The Kier molecular flexibility index (Phi) is 7.05. The van der Waals surface area contributed by atoms with Crippen molar-refractivity contribution in [2.75, 3.05) is 4.72 Å². The van der Waals surface area contributed by atoms with Gasteiger partial charge in [-0.3, -0.25) is 14.3 Å². The van der Waals surface area contributed by atoms with Gasteiger partial charge < -0.3 is 0 Å². The van der Waals surface area contributed by atoms with Crippen LogP contribution in [0.2, 0.25) is 5.02 Å². The number of anilines is 1. The van der Waals surface area contributed by atoms with E-state index in [9.17, 15) is 18.0 Å². The molecule has 1 heterocycles. The first-order valence-corrected chi connectivity index (χ1v) is 12.1. The van der Waals surface area contributed by atoms with Gasteiger partial charge in [-0.15, -0.1) is 0 Å². The van der Waals surface area contributed by atoms with Gasteiger partial charge >= 0.3 is 0 Å². The van der Waals surface area contributed by atoms with Crippen LogP contribution in [-0.2, 0) is 26.7 Å². The Bertz CT molecular complexity index is 1310. The SMILES string of the molecule is CC(=O)Cc1cccc(C(=O)c2ncc(Cl)cc2NS(=O)(=O)c2ccc(C(C)(C)C)cc2)c1. The minimum atomic E-state index is -4.00. The second-order valence-corrected chi connectivity index (χ2v) is 11.0. The molecule has 0 bridgehead atoms. The minimum absolute atomic E-state index is 0.0237. The first kappa shape index (κ1) is 24.6. The summed E-state index contributed by atoms with van der Waals surface area (Å²) in [6.07, 6.45) is 1.48. The van der Waals surface area contributed by atoms with Crippen molar-refractivity contribution >= 4 is 38.9 Å². The third kappa shape index (κ3) is 6.06. The van der Waals surface area contributed by atoms with E-state index in [-0.39, 0.29) is 38.9 Å². The Balaban J connectivity index is 1.96. The van der Waals surface area contributed by atoms with Crippen molar-refractivity contribution in [2.45, 2.75) is 44.4 Å². The number of halogens is 1. The molecule has 0 aliphatic rings. The molecule has 0 saturated carbocycles. The van der Waals surface area contributed by atoms with E-state index in [2.05, 4.69) is 9.71 Å². The number of Topliss-reactive ketones (excluding diaryl/α,β-unsaturated/α-hetero) is 1. The number of nitrogens with zero attached hydrogens (tertiary/aromatic N) is 1. The molecule has 0 saturated heterocycles. The van der Waals surface area contributed by atoms with E-state index in [0.717, 1.165) is 5.56 Å². The number of benzene rings is 2. The predicted molar refractivity (Wildman–Crippen MR) is 129 cm³/mol. The molecule has 0 fully saturated rings. The number of hydrogen-bond donors (Lipinski definition) is 1. The van der Waals surface area contributed by atoms with Gasteiger partial charge in [0.15, 0.2) is 0 Å². The molecule has 0 radical (unpaired) electrons. The van der Waals surface area contributed by atoms with Crippen LogP contribution in [0.1, 0.15) is 54.9 Å². The number of nitrogens with one attached hydrogen (secondary N) is 1. The Labute approximate surface area is 199 Å². The molecule has 0 aliphatic heterocycles. The van der Waals surface area contributed by atoms with Crippen LogP contribution in [0, 0.1) is 0 Å². The molecule has 1 N–H and O–H groups in total. The van der Waals surface area contributed by atoms with Gasteiger partial charge in [0.2, 0.25) is 5.78 Å². The number of carbonyl (C=O) groups is 2. The van der Waals surface area contributed by atoms with Gasteiger partial charge in [0, 0.05) is 18.2 Å². The van der Waals surface area contributed by atoms with Gasteiger partial charge in [0.1, 0.15) is 11.5 Å². The smallest absolute Gasteiger partial charge is 0.261 e. The number of pyridine rings is 1. The number of ketones is 2. The van der Waals surface area contributed by atoms with Gasteiger partial charge in [0.25, 0.3) is 10.0 Å². The first-order valence-electron chi connectivity index (χ1n) is 10.3. The normalized spacial score (nSPS) is 11.8. The Hall–Kier alpha value is -3.03. The molecule has 6 nitrogen and oxygen atoms in total. The highest BCUT2D eigenvalue weighted by atomic mass is 35.5. The lowest BCUT2D eigenvalue weighted by Gasteiger charge is -2.19. The maximum absolute atomic E-state index is 13.2. The zero-order valence-electron chi connectivity index (χ0n) is 18.8. The summed E-state index contributed by atoms with van der Waals surface area (Å²) in [5.41, 5.74) is 1.73. The molecule has 33 heavy (non-hydrogen) atoms. The van der Waals surface area contributed by atoms with E-state index < -0.39 is 15.8 Å². The van der Waals surface area contributed by atoms with Crippen molar-refractivity contribution in [1.82, 2.24) is 4.98 Å². The van der Waals surface area contributed by atoms with Crippen LogP contribution in [0.25, 0.3) is 0 Å². The molecule has 0 amide bonds. The molecule has 8 heteroatoms. The van der Waals surface area contributed by atoms with E-state index in [1.807, 2.05) is 20.8 Å². The van der Waals surface area contributed by atoms with Crippen molar-refractivity contribution < 1.29 is 18.0 Å². The van der Waals surface area contributed by atoms with Crippen LogP contribution in [0.15, 0.2) is 65.7 Å². The molecule has 0 spiro atoms. The molecule has 2 aromatic carbocycles. The zero-order valence-corrected chi connectivity index (χ0v) is 20.4. The zero-order chi connectivity index (χ0) is 24.4. The summed E-state index contributed by atoms with van der Waals surface area (Å²) >= 11 is 6.05. The monoisotopic (exact) mass is 484 g/mol. The van der Waals surface area contributed by atoms with Crippen LogP contribution in [-0.4, -0.2) is 25.0 Å². The summed E-state index contributed by atoms with van der Waals surface area (Å²) in [5, 5.41) is 0.178. The second-order valence-electron chi connectivity index (χ2n) is 8.84. The summed E-state index contributed by atoms with van der Waals surface area (Å²) in [4.78, 5) is 28.8. The number of rotatable bonds is 7. The first-order chi connectivity index (χ1) is 15.4. The summed E-state index contributed by atoms with van der Waals surface area (Å²) in [7, 11) is -4.00. The van der Waals surface area contributed by atoms with E-state index in [4.69, 9.17) is 11.6 Å². The highest BCUT2D eigenvalue weighted by molar-refractivity contribution is 7.92. The topological polar surface area (TPSA) is 93.2 Å². The molecular formula is C25H25ClN2O4S. The van der Waals surface area contributed by atoms with E-state index >= 15 is 0 Å². The Morgan fingerprint density at radius 2 is 1.70 bits per heavy atom. The highest BCUT2D eigenvalue weighted by Crippen LogP contribution is 2.27. The summed E-state index contributed by atoms with van der Waals surface area (Å²) in [5.74, 6) is -0.520. The fourth-order valence-corrected chi connectivity index (χ4v) is 4.50. The van der Waals surface area contributed by atoms with Crippen LogP contribution in [0.3, 0.4) is 0 Å². The van der Waals surface area contributed by atoms with E-state index in [1.165, 1.54) is 31.3 Å². The lowest BCUT2D eigenvalue weighted by Crippen LogP contribution is -2.18. The Morgan fingerprint density at radius 3 is 2.30 bits per heavy atom. The quantitative estimate of drug-likeness (QED) is 0.465. The summed E-state index contributed by atoms with van der Waals surface area (Å²) < 4.78 is 28.5. The lowest BCUT2D eigenvalue weighted by molar-refractivity contribution is -0.116. The Morgan fingerprint density at radius 1 is 1.03 bits per heavy atom. The lowest BCUT2D eigenvalue weighted by atomic mass is 9.87. The predicted octanol–water partition coefficient (Wildman–Crippen LogP) is 5.20. The maximum Gasteiger partial charge on any atom is 0.261 e. The third-order valence-electron chi connectivity index (χ3n) is 4.99. The highest BCUT2D eigenvalue weighted by Gasteiger charge is 2.22. The summed E-state index contributed by atoms with van der Waals surface area (Å²) in [6.45, 7) is 7.58. The van der Waals surface area contributed by atoms with Crippen molar-refractivity contribution in [1.29, 1.82) is 0 Å². The molecule has 172 valence electrons.